The van der Waals surface area contributed by atoms with Gasteiger partial charge in [0.25, 0.3) is 5.91 Å². The van der Waals surface area contributed by atoms with Gasteiger partial charge in [-0.1, -0.05) is 6.08 Å². The molecule has 1 atom stereocenters. The number of carbonyl (C=O) groups is 1. The molecule has 1 saturated heterocycles. The maximum atomic E-state index is 15.2. The number of aryl methyl sites for hydroxylation is 1. The van der Waals surface area contributed by atoms with Gasteiger partial charge in [-0.2, -0.15) is 5.10 Å². The minimum absolute atomic E-state index is 0.115. The maximum Gasteiger partial charge on any atom is 0.274 e. The second kappa shape index (κ2) is 11.8. The molecule has 1 saturated carbocycles. The number of pyridine rings is 1. The van der Waals surface area contributed by atoms with Crippen molar-refractivity contribution >= 4 is 33.9 Å². The van der Waals surface area contributed by atoms with E-state index in [0.29, 0.717) is 53.3 Å². The number of allylic oxidation sites excluding steroid dienone is 2. The van der Waals surface area contributed by atoms with Crippen molar-refractivity contribution in [2.24, 2.45) is 10.9 Å². The Kier molecular flexibility index (Phi) is 7.67. The van der Waals surface area contributed by atoms with E-state index in [1.807, 2.05) is 23.7 Å². The van der Waals surface area contributed by atoms with Crippen LogP contribution in [0.2, 0.25) is 0 Å². The molecule has 230 valence electrons. The van der Waals surface area contributed by atoms with Crippen LogP contribution in [0.15, 0.2) is 53.4 Å². The smallest absolute Gasteiger partial charge is 0.274 e. The van der Waals surface area contributed by atoms with Crippen molar-refractivity contribution in [1.29, 1.82) is 0 Å². The van der Waals surface area contributed by atoms with Gasteiger partial charge in [-0.25, -0.2) is 9.37 Å². The van der Waals surface area contributed by atoms with Gasteiger partial charge in [0.1, 0.15) is 29.5 Å². The number of imidazole rings is 1. The van der Waals surface area contributed by atoms with Crippen LogP contribution in [0.25, 0.3) is 16.6 Å². The van der Waals surface area contributed by atoms with E-state index in [9.17, 15) is 4.79 Å². The number of rotatable bonds is 9. The molecular formula is C33H39FN8O2. The third-order valence-corrected chi connectivity index (χ3v) is 9.15. The lowest BCUT2D eigenvalue weighted by molar-refractivity contribution is 0.0928. The monoisotopic (exact) mass is 598 g/mol. The van der Waals surface area contributed by atoms with Crippen molar-refractivity contribution < 1.29 is 13.9 Å². The van der Waals surface area contributed by atoms with Crippen molar-refractivity contribution in [2.75, 3.05) is 45.2 Å². The number of halogens is 1. The molecule has 11 heteroatoms. The first-order valence-corrected chi connectivity index (χ1v) is 15.6. The van der Waals surface area contributed by atoms with Gasteiger partial charge in [-0.05, 0) is 70.7 Å². The van der Waals surface area contributed by atoms with Crippen LogP contribution in [0.1, 0.15) is 48.8 Å². The lowest BCUT2D eigenvalue weighted by atomic mass is 10.1. The molecule has 44 heavy (non-hydrogen) atoms. The van der Waals surface area contributed by atoms with Gasteiger partial charge in [0, 0.05) is 55.6 Å². The van der Waals surface area contributed by atoms with Gasteiger partial charge in [-0.3, -0.25) is 23.8 Å². The molecule has 1 aromatic carbocycles. The topological polar surface area (TPSA) is 92.3 Å². The fraction of sp³-hybridized carbons (Fsp3) is 0.455. The molecule has 3 aliphatic rings. The average molecular weight is 599 g/mol. The summed E-state index contributed by atoms with van der Waals surface area (Å²) in [5.74, 6) is 0.361. The van der Waals surface area contributed by atoms with E-state index in [2.05, 4.69) is 40.1 Å². The number of likely N-dealkylation sites (N-methyl/N-ethyl adjacent to an activating group) is 1. The number of amides is 1. The van der Waals surface area contributed by atoms with Crippen LogP contribution < -0.4 is 10.1 Å². The summed E-state index contributed by atoms with van der Waals surface area (Å²) in [4.78, 5) is 27.6. The van der Waals surface area contributed by atoms with E-state index in [-0.39, 0.29) is 5.69 Å². The fourth-order valence-corrected chi connectivity index (χ4v) is 6.33. The summed E-state index contributed by atoms with van der Waals surface area (Å²) in [7, 11) is 2.16. The summed E-state index contributed by atoms with van der Waals surface area (Å²) in [5, 5.41) is 8.11. The number of benzene rings is 1. The highest BCUT2D eigenvalue weighted by Crippen LogP contribution is 2.35. The number of fused-ring (bicyclic) bond motifs is 2. The third-order valence-electron chi connectivity index (χ3n) is 9.15. The van der Waals surface area contributed by atoms with E-state index in [0.717, 1.165) is 50.2 Å². The van der Waals surface area contributed by atoms with Gasteiger partial charge < -0.3 is 15.0 Å². The number of nitrogens with one attached hydrogen (secondary N) is 1. The van der Waals surface area contributed by atoms with Crippen LogP contribution in [0.3, 0.4) is 0 Å². The van der Waals surface area contributed by atoms with Crippen LogP contribution in [0.4, 0.5) is 10.1 Å². The summed E-state index contributed by atoms with van der Waals surface area (Å²) >= 11 is 0. The SMILES string of the molecule is Cc1nn(CC2=CCCC(C3CC3)=N2)c2ccc(F)c(NC(=O)c3cnc4cc(OCCN5CCN(C)[C@@H](C)C5)ccn34)c12. The number of hydrogen-bond donors (Lipinski definition) is 1. The first kappa shape index (κ1) is 28.7. The molecular weight excluding hydrogens is 559 g/mol. The van der Waals surface area contributed by atoms with Crippen LogP contribution in [0.5, 0.6) is 5.75 Å². The number of ether oxygens (including phenoxy) is 1. The molecule has 2 fully saturated rings. The molecule has 7 rings (SSSR count). The first-order valence-electron chi connectivity index (χ1n) is 15.6. The Hall–Kier alpha value is -4.09. The highest BCUT2D eigenvalue weighted by atomic mass is 19.1. The molecule has 10 nitrogen and oxygen atoms in total. The molecule has 1 amide bonds. The molecule has 1 aliphatic carbocycles. The Morgan fingerprint density at radius 2 is 2.07 bits per heavy atom. The van der Waals surface area contributed by atoms with Crippen LogP contribution in [-0.2, 0) is 6.54 Å². The summed E-state index contributed by atoms with van der Waals surface area (Å²) in [6.45, 7) is 9.12. The van der Waals surface area contributed by atoms with Gasteiger partial charge in [0.05, 0.1) is 35.3 Å². The quantitative estimate of drug-likeness (QED) is 0.294. The molecule has 3 aromatic heterocycles. The van der Waals surface area contributed by atoms with E-state index < -0.39 is 11.7 Å². The second-order valence-electron chi connectivity index (χ2n) is 12.3. The predicted octanol–water partition coefficient (Wildman–Crippen LogP) is 4.93. The number of nitrogens with zero attached hydrogens (tertiary/aromatic N) is 7. The van der Waals surface area contributed by atoms with Gasteiger partial charge in [0.15, 0.2) is 0 Å². The lowest BCUT2D eigenvalue weighted by Gasteiger charge is -2.37. The zero-order valence-electron chi connectivity index (χ0n) is 25.6. The van der Waals surface area contributed by atoms with Gasteiger partial charge in [-0.15, -0.1) is 0 Å². The number of aromatic nitrogens is 4. The summed E-state index contributed by atoms with van der Waals surface area (Å²) < 4.78 is 24.8. The summed E-state index contributed by atoms with van der Waals surface area (Å²) in [6, 6.07) is 7.27. The van der Waals surface area contributed by atoms with Crippen molar-refractivity contribution in [3.8, 4) is 5.75 Å². The van der Waals surface area contributed by atoms with E-state index in [1.54, 1.807) is 16.7 Å². The number of aliphatic imine (C=N–C) groups is 1. The maximum absolute atomic E-state index is 15.2. The molecule has 0 unspecified atom stereocenters. The van der Waals surface area contributed by atoms with E-state index >= 15 is 4.39 Å². The van der Waals surface area contributed by atoms with Crippen LogP contribution >= 0.6 is 0 Å². The van der Waals surface area contributed by atoms with Crippen LogP contribution in [0, 0.1) is 18.7 Å². The zero-order valence-corrected chi connectivity index (χ0v) is 25.6. The fourth-order valence-electron chi connectivity index (χ4n) is 6.33. The minimum Gasteiger partial charge on any atom is -0.492 e. The van der Waals surface area contributed by atoms with E-state index in [1.165, 1.54) is 30.8 Å². The Morgan fingerprint density at radius 1 is 1.20 bits per heavy atom. The normalized spacial score (nSPS) is 19.8. The number of hydrogen-bond acceptors (Lipinski definition) is 7. The Morgan fingerprint density at radius 3 is 2.89 bits per heavy atom. The Balaban J connectivity index is 1.06. The van der Waals surface area contributed by atoms with E-state index in [4.69, 9.17) is 14.8 Å². The predicted molar refractivity (Wildman–Crippen MR) is 169 cm³/mol. The van der Waals surface area contributed by atoms with Crippen molar-refractivity contribution in [3.63, 3.8) is 0 Å². The molecule has 0 radical (unpaired) electrons. The molecule has 4 aromatic rings. The Labute approximate surface area is 256 Å². The first-order chi connectivity index (χ1) is 21.3. The lowest BCUT2D eigenvalue weighted by Crippen LogP contribution is -2.50. The third kappa shape index (κ3) is 5.73. The molecule has 0 bridgehead atoms. The van der Waals surface area contributed by atoms with Crippen LogP contribution in [-0.4, -0.2) is 86.5 Å². The van der Waals surface area contributed by atoms with Gasteiger partial charge >= 0.3 is 0 Å². The number of carbonyl (C=O) groups excluding carboxylic acids is 1. The molecule has 2 aliphatic heterocycles. The molecule has 5 heterocycles. The minimum atomic E-state index is -0.515. The second-order valence-corrected chi connectivity index (χ2v) is 12.3. The average Bonchev–Trinajstić information content (AvgIpc) is 3.71. The highest BCUT2D eigenvalue weighted by Gasteiger charge is 2.28. The van der Waals surface area contributed by atoms with Gasteiger partial charge in [0.2, 0.25) is 0 Å². The number of piperazine rings is 1. The number of anilines is 1. The highest BCUT2D eigenvalue weighted by molar-refractivity contribution is 6.09. The Bertz CT molecular complexity index is 1790. The largest absolute Gasteiger partial charge is 0.492 e. The summed E-state index contributed by atoms with van der Waals surface area (Å²) in [6.07, 6.45) is 9.91. The molecule has 0 spiro atoms. The summed E-state index contributed by atoms with van der Waals surface area (Å²) in [5.41, 5.74) is 4.67. The van der Waals surface area contributed by atoms with Crippen molar-refractivity contribution in [1.82, 2.24) is 29.0 Å². The van der Waals surface area contributed by atoms with Crippen molar-refractivity contribution in [3.05, 3.63) is 65.6 Å². The standard InChI is InChI=1S/C33H39FN8O2/c1-21-19-40(14-13-39(21)3)15-16-44-25-11-12-41-29(18-35-30(41)17-25)33(43)37-32-26(34)9-10-28-31(32)22(2)38-42(28)20-24-5-4-6-27(36-24)23-7-8-23/h5,9-12,17-18,21,23H,4,6-8,13-16,19-20H2,1-3H3,(H,37,43)/t21-/m0/s1. The zero-order chi connectivity index (χ0) is 30.4. The molecule has 1 N–H and O–H groups in total. The van der Waals surface area contributed by atoms with Crippen molar-refractivity contribution in [2.45, 2.75) is 52.1 Å².